The number of aryl methyl sites for hydroxylation is 1. The Hall–Kier alpha value is -1.70. The van der Waals surface area contributed by atoms with E-state index in [1.54, 1.807) is 6.33 Å². The van der Waals surface area contributed by atoms with Crippen LogP contribution >= 0.6 is 0 Å². The number of unbranched alkanes of at least 4 members (excludes halogenated alkanes) is 1. The number of hydrogen-bond acceptors (Lipinski definition) is 2. The lowest BCUT2D eigenvalue weighted by Crippen LogP contribution is -2.10. The fourth-order valence-corrected chi connectivity index (χ4v) is 4.72. The monoisotopic (exact) mass is 306 g/mol. The van der Waals surface area contributed by atoms with Crippen molar-refractivity contribution < 1.29 is 0 Å². The van der Waals surface area contributed by atoms with Crippen LogP contribution in [0.2, 0.25) is 0 Å². The van der Waals surface area contributed by atoms with Gasteiger partial charge in [0.05, 0.1) is 5.69 Å². The van der Waals surface area contributed by atoms with E-state index in [9.17, 15) is 0 Å². The summed E-state index contributed by atoms with van der Waals surface area (Å²) in [7, 11) is 0. The normalized spacial score (nSPS) is 25.9. The largest absolute Gasteiger partial charge is 0.241 e. The Morgan fingerprint density at radius 3 is 2.78 bits per heavy atom. The van der Waals surface area contributed by atoms with Crippen molar-refractivity contribution >= 4 is 0 Å². The lowest BCUT2D eigenvalue weighted by molar-refractivity contribution is 0.420. The Balaban J connectivity index is 1.67. The van der Waals surface area contributed by atoms with Crippen LogP contribution in [0.5, 0.6) is 0 Å². The zero-order valence-corrected chi connectivity index (χ0v) is 14.0. The minimum atomic E-state index is 0.749. The molecule has 23 heavy (non-hydrogen) atoms. The first-order chi connectivity index (χ1) is 11.3. The molecule has 2 aromatic rings. The van der Waals surface area contributed by atoms with Gasteiger partial charge >= 0.3 is 0 Å². The number of fused-ring (bicyclic) bond motifs is 2. The van der Waals surface area contributed by atoms with Crippen LogP contribution in [0.1, 0.15) is 62.6 Å². The molecule has 2 saturated carbocycles. The highest BCUT2D eigenvalue weighted by Crippen LogP contribution is 2.54. The second-order valence-corrected chi connectivity index (χ2v) is 7.37. The highest BCUT2D eigenvalue weighted by atomic mass is 14.8. The van der Waals surface area contributed by atoms with Gasteiger partial charge in [-0.25, -0.2) is 9.97 Å². The number of nitrogens with zero attached hydrogens (tertiary/aromatic N) is 2. The Morgan fingerprint density at radius 2 is 2.00 bits per heavy atom. The fraction of sp³-hybridized carbons (Fsp3) is 0.524. The maximum Gasteiger partial charge on any atom is 0.116 e. The third-order valence-electron chi connectivity index (χ3n) is 5.88. The second-order valence-electron chi connectivity index (χ2n) is 7.37. The van der Waals surface area contributed by atoms with E-state index >= 15 is 0 Å². The third-order valence-corrected chi connectivity index (χ3v) is 5.88. The predicted octanol–water partition coefficient (Wildman–Crippen LogP) is 5.39. The van der Waals surface area contributed by atoms with Crippen molar-refractivity contribution in [2.24, 2.45) is 11.8 Å². The van der Waals surface area contributed by atoms with E-state index in [2.05, 4.69) is 47.2 Å². The Bertz CT molecular complexity index is 679. The van der Waals surface area contributed by atoms with E-state index < -0.39 is 0 Å². The second kappa shape index (κ2) is 6.43. The highest BCUT2D eigenvalue weighted by molar-refractivity contribution is 5.65. The summed E-state index contributed by atoms with van der Waals surface area (Å²) in [5, 5.41) is 0. The molecule has 2 aliphatic rings. The molecule has 4 rings (SSSR count). The topological polar surface area (TPSA) is 25.8 Å². The highest BCUT2D eigenvalue weighted by Gasteiger charge is 2.40. The maximum absolute atomic E-state index is 4.60. The van der Waals surface area contributed by atoms with E-state index in [-0.39, 0.29) is 0 Å². The van der Waals surface area contributed by atoms with Gasteiger partial charge in [0, 0.05) is 11.3 Å². The molecule has 2 bridgehead atoms. The quantitative estimate of drug-likeness (QED) is 0.740. The number of benzene rings is 1. The van der Waals surface area contributed by atoms with E-state index in [1.807, 2.05) is 0 Å². The fourth-order valence-electron chi connectivity index (χ4n) is 4.72. The van der Waals surface area contributed by atoms with Crippen LogP contribution < -0.4 is 0 Å². The third kappa shape index (κ3) is 2.91. The smallest absolute Gasteiger partial charge is 0.116 e. The molecule has 0 aliphatic heterocycles. The molecule has 2 nitrogen and oxygen atoms in total. The molecule has 0 saturated heterocycles. The van der Waals surface area contributed by atoms with Crippen molar-refractivity contribution in [3.05, 3.63) is 47.9 Å². The molecule has 3 unspecified atom stereocenters. The summed E-state index contributed by atoms with van der Waals surface area (Å²) in [4.78, 5) is 9.06. The van der Waals surface area contributed by atoms with Gasteiger partial charge in [0.15, 0.2) is 0 Å². The molecule has 3 atom stereocenters. The number of hydrogen-bond donors (Lipinski definition) is 0. The van der Waals surface area contributed by atoms with Gasteiger partial charge in [0.25, 0.3) is 0 Å². The lowest BCUT2D eigenvalue weighted by Gasteiger charge is -2.24. The minimum absolute atomic E-state index is 0.749. The number of aromatic nitrogens is 2. The molecule has 120 valence electrons. The van der Waals surface area contributed by atoms with E-state index in [0.29, 0.717) is 0 Å². The summed E-state index contributed by atoms with van der Waals surface area (Å²) >= 11 is 0. The summed E-state index contributed by atoms with van der Waals surface area (Å²) in [5.74, 6) is 2.63. The summed E-state index contributed by atoms with van der Waals surface area (Å²) in [6.07, 6.45) is 10.9. The molecule has 2 aliphatic carbocycles. The van der Waals surface area contributed by atoms with Gasteiger partial charge < -0.3 is 0 Å². The molecule has 1 aromatic carbocycles. The summed E-state index contributed by atoms with van der Waals surface area (Å²) < 4.78 is 0. The lowest BCUT2D eigenvalue weighted by atomic mass is 9.81. The van der Waals surface area contributed by atoms with Gasteiger partial charge in [-0.3, -0.25) is 0 Å². The Morgan fingerprint density at radius 1 is 1.09 bits per heavy atom. The average molecular weight is 306 g/mol. The molecule has 2 fully saturated rings. The first kappa shape index (κ1) is 14.9. The zero-order valence-electron chi connectivity index (χ0n) is 14.0. The minimum Gasteiger partial charge on any atom is -0.241 e. The van der Waals surface area contributed by atoms with Crippen molar-refractivity contribution in [3.8, 4) is 11.3 Å². The Kier molecular flexibility index (Phi) is 4.15. The Labute approximate surface area is 139 Å². The van der Waals surface area contributed by atoms with Crippen LogP contribution in [0.25, 0.3) is 11.3 Å². The van der Waals surface area contributed by atoms with Crippen molar-refractivity contribution in [1.29, 1.82) is 0 Å². The van der Waals surface area contributed by atoms with Crippen molar-refractivity contribution in [1.82, 2.24) is 9.97 Å². The van der Waals surface area contributed by atoms with Gasteiger partial charge in [-0.1, -0.05) is 44.0 Å². The molecule has 1 aromatic heterocycles. The first-order valence-electron chi connectivity index (χ1n) is 9.25. The molecule has 0 amide bonds. The molecule has 0 N–H and O–H groups in total. The zero-order chi connectivity index (χ0) is 15.6. The summed E-state index contributed by atoms with van der Waals surface area (Å²) in [6.45, 7) is 2.23. The first-order valence-corrected chi connectivity index (χ1v) is 9.25. The van der Waals surface area contributed by atoms with Crippen LogP contribution in [0.3, 0.4) is 0 Å². The van der Waals surface area contributed by atoms with Gasteiger partial charge in [0.2, 0.25) is 0 Å². The van der Waals surface area contributed by atoms with Crippen molar-refractivity contribution in [2.45, 2.75) is 57.8 Å². The number of rotatable bonds is 5. The van der Waals surface area contributed by atoms with Crippen LogP contribution in [-0.2, 0) is 6.42 Å². The van der Waals surface area contributed by atoms with Crippen LogP contribution in [0.15, 0.2) is 36.7 Å². The van der Waals surface area contributed by atoms with E-state index in [1.165, 1.54) is 55.3 Å². The molecule has 0 spiro atoms. The summed E-state index contributed by atoms with van der Waals surface area (Å²) in [6, 6.07) is 11.2. The van der Waals surface area contributed by atoms with Crippen LogP contribution in [0.4, 0.5) is 0 Å². The molecular weight excluding hydrogens is 280 g/mol. The standard InChI is InChI=1S/C21H26N2/c1-2-3-6-17-13-21(23-14-22-17)19-8-5-4-7-18(19)20-12-15-9-10-16(20)11-15/h4-5,7-8,13-16,20H,2-3,6,9-12H2,1H3. The maximum atomic E-state index is 4.60. The van der Waals surface area contributed by atoms with Gasteiger partial charge in [-0.05, 0) is 61.5 Å². The van der Waals surface area contributed by atoms with Gasteiger partial charge in [0.1, 0.15) is 6.33 Å². The average Bonchev–Trinajstić information content (AvgIpc) is 3.23. The summed E-state index contributed by atoms with van der Waals surface area (Å²) in [5.41, 5.74) is 5.16. The van der Waals surface area contributed by atoms with Crippen LogP contribution in [0, 0.1) is 11.8 Å². The molecule has 2 heteroatoms. The van der Waals surface area contributed by atoms with Gasteiger partial charge in [-0.2, -0.15) is 0 Å². The van der Waals surface area contributed by atoms with Gasteiger partial charge in [-0.15, -0.1) is 0 Å². The van der Waals surface area contributed by atoms with Crippen molar-refractivity contribution in [3.63, 3.8) is 0 Å². The predicted molar refractivity (Wildman–Crippen MR) is 94.3 cm³/mol. The molecule has 0 radical (unpaired) electrons. The van der Waals surface area contributed by atoms with Crippen LogP contribution in [-0.4, -0.2) is 9.97 Å². The molecule has 1 heterocycles. The SMILES string of the molecule is CCCCc1cc(-c2ccccc2C2CC3CCC2C3)ncn1. The molecular formula is C21H26N2. The van der Waals surface area contributed by atoms with E-state index in [4.69, 9.17) is 0 Å². The van der Waals surface area contributed by atoms with E-state index in [0.717, 1.165) is 29.9 Å². The van der Waals surface area contributed by atoms with Crippen molar-refractivity contribution in [2.75, 3.05) is 0 Å².